The molecular weight excluding hydrogens is 192 g/mol. The first-order valence-corrected chi connectivity index (χ1v) is 4.83. The van der Waals surface area contributed by atoms with Crippen molar-refractivity contribution in [3.05, 3.63) is 24.0 Å². The number of nitrogens with zero attached hydrogens (tertiary/aromatic N) is 4. The Kier molecular flexibility index (Phi) is 4.17. The molecule has 0 aliphatic heterocycles. The predicted molar refractivity (Wildman–Crippen MR) is 58.8 cm³/mol. The highest BCUT2D eigenvalue weighted by Gasteiger charge is 2.09. The SMILES string of the molecule is C=CCN(CCO)c1nnc(C)c(C)n1. The molecule has 0 saturated heterocycles. The number of aromatic nitrogens is 3. The maximum Gasteiger partial charge on any atom is 0.245 e. The van der Waals surface area contributed by atoms with Gasteiger partial charge in [0.1, 0.15) is 0 Å². The normalized spacial score (nSPS) is 10.1. The Hall–Kier alpha value is -1.49. The van der Waals surface area contributed by atoms with Crippen LogP contribution >= 0.6 is 0 Å². The zero-order chi connectivity index (χ0) is 11.3. The summed E-state index contributed by atoms with van der Waals surface area (Å²) in [6.07, 6.45) is 1.74. The molecule has 5 heteroatoms. The van der Waals surface area contributed by atoms with E-state index in [0.29, 0.717) is 19.0 Å². The molecule has 1 aromatic rings. The van der Waals surface area contributed by atoms with Crippen molar-refractivity contribution in [1.82, 2.24) is 15.2 Å². The van der Waals surface area contributed by atoms with E-state index in [1.807, 2.05) is 18.7 Å². The summed E-state index contributed by atoms with van der Waals surface area (Å²) in [5.74, 6) is 0.534. The van der Waals surface area contributed by atoms with Crippen LogP contribution in [-0.2, 0) is 0 Å². The monoisotopic (exact) mass is 208 g/mol. The van der Waals surface area contributed by atoms with Crippen LogP contribution in [0.25, 0.3) is 0 Å². The molecule has 0 spiro atoms. The zero-order valence-electron chi connectivity index (χ0n) is 9.14. The van der Waals surface area contributed by atoms with Crippen LogP contribution in [0.5, 0.6) is 0 Å². The lowest BCUT2D eigenvalue weighted by molar-refractivity contribution is 0.302. The first-order valence-electron chi connectivity index (χ1n) is 4.83. The lowest BCUT2D eigenvalue weighted by atomic mass is 10.4. The van der Waals surface area contributed by atoms with Crippen molar-refractivity contribution in [3.8, 4) is 0 Å². The highest BCUT2D eigenvalue weighted by atomic mass is 16.3. The van der Waals surface area contributed by atoms with Gasteiger partial charge in [-0.1, -0.05) is 6.08 Å². The van der Waals surface area contributed by atoms with E-state index < -0.39 is 0 Å². The third-order valence-corrected chi connectivity index (χ3v) is 2.08. The van der Waals surface area contributed by atoms with E-state index >= 15 is 0 Å². The molecule has 0 unspecified atom stereocenters. The van der Waals surface area contributed by atoms with E-state index in [4.69, 9.17) is 5.11 Å². The molecule has 0 bridgehead atoms. The molecular formula is C10H16N4O. The van der Waals surface area contributed by atoms with Gasteiger partial charge < -0.3 is 10.0 Å². The van der Waals surface area contributed by atoms with Crippen molar-refractivity contribution < 1.29 is 5.11 Å². The number of hydrogen-bond acceptors (Lipinski definition) is 5. The summed E-state index contributed by atoms with van der Waals surface area (Å²) in [5.41, 5.74) is 1.67. The lowest BCUT2D eigenvalue weighted by Gasteiger charge is -2.19. The van der Waals surface area contributed by atoms with Crippen molar-refractivity contribution in [2.75, 3.05) is 24.6 Å². The molecule has 1 heterocycles. The topological polar surface area (TPSA) is 62.1 Å². The molecule has 0 saturated carbocycles. The van der Waals surface area contributed by atoms with Crippen molar-refractivity contribution in [3.63, 3.8) is 0 Å². The third-order valence-electron chi connectivity index (χ3n) is 2.08. The van der Waals surface area contributed by atoms with Crippen molar-refractivity contribution in [2.24, 2.45) is 0 Å². The number of aliphatic hydroxyl groups excluding tert-OH is 1. The quantitative estimate of drug-likeness (QED) is 0.713. The van der Waals surface area contributed by atoms with Crippen molar-refractivity contribution >= 4 is 5.95 Å². The first kappa shape index (κ1) is 11.6. The van der Waals surface area contributed by atoms with E-state index in [9.17, 15) is 0 Å². The summed E-state index contributed by atoms with van der Waals surface area (Å²) < 4.78 is 0. The fourth-order valence-electron chi connectivity index (χ4n) is 1.13. The minimum atomic E-state index is 0.0596. The number of hydrogen-bond donors (Lipinski definition) is 1. The van der Waals surface area contributed by atoms with Gasteiger partial charge in [0.15, 0.2) is 0 Å². The lowest BCUT2D eigenvalue weighted by Crippen LogP contribution is -2.29. The van der Waals surface area contributed by atoms with Gasteiger partial charge in [0.25, 0.3) is 0 Å². The van der Waals surface area contributed by atoms with Gasteiger partial charge in [-0.15, -0.1) is 11.7 Å². The number of aliphatic hydroxyl groups is 1. The maximum absolute atomic E-state index is 8.90. The van der Waals surface area contributed by atoms with Gasteiger partial charge in [0.05, 0.1) is 18.0 Å². The highest BCUT2D eigenvalue weighted by Crippen LogP contribution is 2.07. The number of aryl methyl sites for hydroxylation is 2. The minimum absolute atomic E-state index is 0.0596. The van der Waals surface area contributed by atoms with Crippen LogP contribution in [0.1, 0.15) is 11.4 Å². The average Bonchev–Trinajstić information content (AvgIpc) is 2.22. The Morgan fingerprint density at radius 1 is 1.33 bits per heavy atom. The van der Waals surface area contributed by atoms with Crippen molar-refractivity contribution in [1.29, 1.82) is 0 Å². The van der Waals surface area contributed by atoms with Gasteiger partial charge in [-0.2, -0.15) is 5.10 Å². The summed E-state index contributed by atoms with van der Waals surface area (Å²) in [6.45, 7) is 8.54. The van der Waals surface area contributed by atoms with E-state index in [-0.39, 0.29) is 6.61 Å². The van der Waals surface area contributed by atoms with Crippen LogP contribution in [0.2, 0.25) is 0 Å². The van der Waals surface area contributed by atoms with E-state index in [0.717, 1.165) is 11.4 Å². The fourth-order valence-corrected chi connectivity index (χ4v) is 1.13. The molecule has 0 aromatic carbocycles. The zero-order valence-corrected chi connectivity index (χ0v) is 9.14. The molecule has 0 atom stereocenters. The minimum Gasteiger partial charge on any atom is -0.395 e. The number of rotatable bonds is 5. The second kappa shape index (κ2) is 5.41. The molecule has 1 rings (SSSR count). The first-order chi connectivity index (χ1) is 7.19. The molecule has 0 radical (unpaired) electrons. The molecule has 1 aromatic heterocycles. The fraction of sp³-hybridized carbons (Fsp3) is 0.500. The Labute approximate surface area is 89.5 Å². The summed E-state index contributed by atoms with van der Waals surface area (Å²) >= 11 is 0. The van der Waals surface area contributed by atoms with E-state index in [2.05, 4.69) is 21.8 Å². The largest absolute Gasteiger partial charge is 0.395 e. The molecule has 15 heavy (non-hydrogen) atoms. The molecule has 1 N–H and O–H groups in total. The van der Waals surface area contributed by atoms with E-state index in [1.165, 1.54) is 0 Å². The Bertz CT molecular complexity index is 340. The van der Waals surface area contributed by atoms with Crippen LogP contribution in [0, 0.1) is 13.8 Å². The summed E-state index contributed by atoms with van der Waals surface area (Å²) in [6, 6.07) is 0. The molecule has 0 aliphatic carbocycles. The smallest absolute Gasteiger partial charge is 0.245 e. The van der Waals surface area contributed by atoms with Crippen LogP contribution < -0.4 is 4.90 Å². The average molecular weight is 208 g/mol. The van der Waals surface area contributed by atoms with E-state index in [1.54, 1.807) is 6.08 Å². The van der Waals surface area contributed by atoms with Gasteiger partial charge in [-0.05, 0) is 13.8 Å². The molecule has 0 aliphatic rings. The van der Waals surface area contributed by atoms with Gasteiger partial charge >= 0.3 is 0 Å². The summed E-state index contributed by atoms with van der Waals surface area (Å²) in [5, 5.41) is 16.9. The van der Waals surface area contributed by atoms with Gasteiger partial charge in [0.2, 0.25) is 5.95 Å². The number of anilines is 1. The summed E-state index contributed by atoms with van der Waals surface area (Å²) in [4.78, 5) is 6.13. The highest BCUT2D eigenvalue weighted by molar-refractivity contribution is 5.30. The van der Waals surface area contributed by atoms with Crippen LogP contribution in [0.4, 0.5) is 5.95 Å². The van der Waals surface area contributed by atoms with Crippen LogP contribution in [-0.4, -0.2) is 40.0 Å². The summed E-state index contributed by atoms with van der Waals surface area (Å²) in [7, 11) is 0. The van der Waals surface area contributed by atoms with Gasteiger partial charge in [-0.25, -0.2) is 4.98 Å². The van der Waals surface area contributed by atoms with Gasteiger partial charge in [-0.3, -0.25) is 0 Å². The van der Waals surface area contributed by atoms with Crippen LogP contribution in [0.15, 0.2) is 12.7 Å². The predicted octanol–water partition coefficient (Wildman–Crippen LogP) is 0.473. The Balaban J connectivity index is 2.89. The molecule has 5 nitrogen and oxygen atoms in total. The van der Waals surface area contributed by atoms with Crippen LogP contribution in [0.3, 0.4) is 0 Å². The Morgan fingerprint density at radius 3 is 2.60 bits per heavy atom. The standard InChI is InChI=1S/C10H16N4O/c1-4-5-14(6-7-15)10-11-8(2)9(3)12-13-10/h4,15H,1,5-7H2,2-3H3. The van der Waals surface area contributed by atoms with Gasteiger partial charge in [0, 0.05) is 13.1 Å². The maximum atomic E-state index is 8.90. The second-order valence-corrected chi connectivity index (χ2v) is 3.24. The molecule has 0 amide bonds. The van der Waals surface area contributed by atoms with Crippen molar-refractivity contribution in [2.45, 2.75) is 13.8 Å². The third kappa shape index (κ3) is 2.99. The molecule has 0 fully saturated rings. The molecule has 82 valence electrons. The second-order valence-electron chi connectivity index (χ2n) is 3.24. The Morgan fingerprint density at radius 2 is 2.07 bits per heavy atom.